The topological polar surface area (TPSA) is 34.0 Å². The maximum Gasteiger partial charge on any atom is 0.416 e. The van der Waals surface area contributed by atoms with Crippen LogP contribution < -0.4 is 5.32 Å². The molecule has 5 rings (SSSR count). The molecule has 8 heteroatoms. The van der Waals surface area contributed by atoms with E-state index in [1.54, 1.807) is 18.2 Å². The molecule has 1 aliphatic heterocycles. The predicted octanol–water partition coefficient (Wildman–Crippen LogP) is 7.51. The van der Waals surface area contributed by atoms with E-state index in [2.05, 4.69) is 5.32 Å². The van der Waals surface area contributed by atoms with Gasteiger partial charge < -0.3 is 9.88 Å². The lowest BCUT2D eigenvalue weighted by Gasteiger charge is -2.08. The number of para-hydroxylation sites is 1. The molecule has 0 saturated heterocycles. The highest BCUT2D eigenvalue weighted by atomic mass is 35.5. The largest absolute Gasteiger partial charge is 0.416 e. The Morgan fingerprint density at radius 1 is 1.00 bits per heavy atom. The van der Waals surface area contributed by atoms with Crippen LogP contribution in [-0.4, -0.2) is 10.5 Å². The fraction of sp³-hybridized carbons (Fsp3) is 0.0800. The molecule has 0 fully saturated rings. The molecule has 0 radical (unpaired) electrons. The Bertz CT molecular complexity index is 1450. The zero-order valence-corrected chi connectivity index (χ0v) is 18.4. The van der Waals surface area contributed by atoms with Gasteiger partial charge in [-0.2, -0.15) is 13.2 Å². The summed E-state index contributed by atoms with van der Waals surface area (Å²) >= 11 is 12.4. The highest BCUT2D eigenvalue weighted by Crippen LogP contribution is 2.39. The Morgan fingerprint density at radius 2 is 1.79 bits per heavy atom. The Balaban J connectivity index is 1.59. The summed E-state index contributed by atoms with van der Waals surface area (Å²) in [5.74, 6) is -0.443. The van der Waals surface area contributed by atoms with Crippen LogP contribution in [0.5, 0.6) is 0 Å². The van der Waals surface area contributed by atoms with Crippen molar-refractivity contribution in [2.24, 2.45) is 0 Å². The van der Waals surface area contributed by atoms with Crippen LogP contribution in [0, 0.1) is 0 Å². The second-order valence-electron chi connectivity index (χ2n) is 7.74. The first-order valence-corrected chi connectivity index (χ1v) is 10.7. The lowest BCUT2D eigenvalue weighted by atomic mass is 10.0. The zero-order valence-electron chi connectivity index (χ0n) is 16.9. The minimum absolute atomic E-state index is 0.151. The van der Waals surface area contributed by atoms with Crippen molar-refractivity contribution >= 4 is 57.3 Å². The smallest absolute Gasteiger partial charge is 0.342 e. The number of halogens is 5. The average molecular weight is 487 g/mol. The van der Waals surface area contributed by atoms with Gasteiger partial charge in [-0.1, -0.05) is 53.5 Å². The Hall–Kier alpha value is -3.22. The van der Waals surface area contributed by atoms with Crippen molar-refractivity contribution in [1.29, 1.82) is 0 Å². The molecule has 1 aliphatic rings. The molecule has 1 aromatic heterocycles. The standard InChI is InChI=1S/C25H15Cl2F3N2O/c26-17-7-5-14(21(27)11-17)12-32-13-15(18-3-1-2-4-23(18)32)9-20-19-8-6-16(25(28,29)30)10-22(19)31-24(20)33/h1-11,13H,12H2,(H,31,33)/b20-9-. The molecule has 0 aliphatic carbocycles. The number of aromatic nitrogens is 1. The normalized spacial score (nSPS) is 14.7. The van der Waals surface area contributed by atoms with Crippen molar-refractivity contribution < 1.29 is 18.0 Å². The molecule has 33 heavy (non-hydrogen) atoms. The Kier molecular flexibility index (Phi) is 5.22. The van der Waals surface area contributed by atoms with Crippen molar-refractivity contribution in [1.82, 2.24) is 4.57 Å². The lowest BCUT2D eigenvalue weighted by Crippen LogP contribution is -2.06. The summed E-state index contributed by atoms with van der Waals surface area (Å²) in [6, 6.07) is 16.3. The van der Waals surface area contributed by atoms with Gasteiger partial charge in [-0.25, -0.2) is 0 Å². The minimum Gasteiger partial charge on any atom is -0.342 e. The molecule has 1 N–H and O–H groups in total. The number of nitrogens with zero attached hydrogens (tertiary/aromatic N) is 1. The number of hydrogen-bond acceptors (Lipinski definition) is 1. The van der Waals surface area contributed by atoms with Gasteiger partial charge in [-0.3, -0.25) is 4.79 Å². The molecule has 0 unspecified atom stereocenters. The second-order valence-corrected chi connectivity index (χ2v) is 8.58. The number of anilines is 1. The van der Waals surface area contributed by atoms with Crippen molar-refractivity contribution in [3.8, 4) is 0 Å². The number of rotatable bonds is 3. The van der Waals surface area contributed by atoms with Crippen LogP contribution in [-0.2, 0) is 17.5 Å². The Labute approximate surface area is 197 Å². The molecule has 0 bridgehead atoms. The quantitative estimate of drug-likeness (QED) is 0.298. The van der Waals surface area contributed by atoms with Crippen LogP contribution >= 0.6 is 23.2 Å². The van der Waals surface area contributed by atoms with E-state index in [1.165, 1.54) is 6.07 Å². The van der Waals surface area contributed by atoms with E-state index in [9.17, 15) is 18.0 Å². The predicted molar refractivity (Wildman–Crippen MR) is 125 cm³/mol. The summed E-state index contributed by atoms with van der Waals surface area (Å²) in [7, 11) is 0. The third-order valence-corrected chi connectivity index (χ3v) is 6.19. The third kappa shape index (κ3) is 4.01. The second kappa shape index (κ2) is 7.97. The third-order valence-electron chi connectivity index (χ3n) is 5.60. The first kappa shape index (κ1) is 21.6. The molecule has 3 aromatic carbocycles. The molecule has 0 spiro atoms. The summed E-state index contributed by atoms with van der Waals surface area (Å²) in [5.41, 5.74) is 2.67. The van der Waals surface area contributed by atoms with E-state index >= 15 is 0 Å². The fourth-order valence-corrected chi connectivity index (χ4v) is 4.49. The van der Waals surface area contributed by atoms with E-state index in [0.717, 1.165) is 34.2 Å². The molecule has 1 amide bonds. The van der Waals surface area contributed by atoms with Crippen LogP contribution in [0.1, 0.15) is 22.3 Å². The lowest BCUT2D eigenvalue weighted by molar-refractivity contribution is -0.137. The molecule has 0 atom stereocenters. The number of benzene rings is 3. The average Bonchev–Trinajstić information content (AvgIpc) is 3.27. The van der Waals surface area contributed by atoms with Crippen LogP contribution in [0.4, 0.5) is 18.9 Å². The van der Waals surface area contributed by atoms with Crippen molar-refractivity contribution in [2.45, 2.75) is 12.7 Å². The summed E-state index contributed by atoms with van der Waals surface area (Å²) in [4.78, 5) is 12.6. The van der Waals surface area contributed by atoms with E-state index < -0.39 is 17.6 Å². The van der Waals surface area contributed by atoms with Gasteiger partial charge in [0.25, 0.3) is 5.91 Å². The molecular formula is C25H15Cl2F3N2O. The maximum atomic E-state index is 13.1. The summed E-state index contributed by atoms with van der Waals surface area (Å²) < 4.78 is 41.2. The van der Waals surface area contributed by atoms with E-state index in [1.807, 2.05) is 41.1 Å². The monoisotopic (exact) mass is 486 g/mol. The van der Waals surface area contributed by atoms with Gasteiger partial charge in [0.1, 0.15) is 0 Å². The van der Waals surface area contributed by atoms with Gasteiger partial charge in [0.2, 0.25) is 0 Å². The van der Waals surface area contributed by atoms with Gasteiger partial charge in [0, 0.05) is 56.1 Å². The highest BCUT2D eigenvalue weighted by molar-refractivity contribution is 6.35. The highest BCUT2D eigenvalue weighted by Gasteiger charge is 2.33. The van der Waals surface area contributed by atoms with E-state index in [-0.39, 0.29) is 5.69 Å². The van der Waals surface area contributed by atoms with E-state index in [4.69, 9.17) is 23.2 Å². The fourth-order valence-electron chi connectivity index (χ4n) is 4.02. The van der Waals surface area contributed by atoms with Gasteiger partial charge in [-0.05, 0) is 42.0 Å². The van der Waals surface area contributed by atoms with Crippen LogP contribution in [0.25, 0.3) is 22.6 Å². The van der Waals surface area contributed by atoms with Crippen molar-refractivity contribution in [3.63, 3.8) is 0 Å². The molecule has 3 nitrogen and oxygen atoms in total. The molecule has 4 aromatic rings. The van der Waals surface area contributed by atoms with E-state index in [0.29, 0.717) is 27.7 Å². The number of hydrogen-bond donors (Lipinski definition) is 1. The van der Waals surface area contributed by atoms with Crippen molar-refractivity contribution in [2.75, 3.05) is 5.32 Å². The molecule has 2 heterocycles. The number of nitrogens with one attached hydrogen (secondary N) is 1. The van der Waals surface area contributed by atoms with Gasteiger partial charge >= 0.3 is 6.18 Å². The first-order chi connectivity index (χ1) is 15.7. The van der Waals surface area contributed by atoms with Crippen LogP contribution in [0.2, 0.25) is 10.0 Å². The molecule has 166 valence electrons. The van der Waals surface area contributed by atoms with Gasteiger partial charge in [0.15, 0.2) is 0 Å². The number of carbonyl (C=O) groups is 1. The summed E-state index contributed by atoms with van der Waals surface area (Å²) in [6.45, 7) is 0.484. The minimum atomic E-state index is -4.48. The molecule has 0 saturated carbocycles. The number of alkyl halides is 3. The van der Waals surface area contributed by atoms with Crippen molar-refractivity contribution in [3.05, 3.63) is 99.2 Å². The zero-order chi connectivity index (χ0) is 23.3. The SMILES string of the molecule is O=C1Nc2cc(C(F)(F)F)ccc2/C1=C/c1cn(Cc2ccc(Cl)cc2Cl)c2ccccc12. The number of carbonyl (C=O) groups excluding carboxylic acids is 1. The first-order valence-electron chi connectivity index (χ1n) is 9.97. The summed E-state index contributed by atoms with van der Waals surface area (Å²) in [5, 5.41) is 4.54. The van der Waals surface area contributed by atoms with Crippen LogP contribution in [0.3, 0.4) is 0 Å². The maximum absolute atomic E-state index is 13.1. The van der Waals surface area contributed by atoms with Gasteiger partial charge in [-0.15, -0.1) is 0 Å². The number of amides is 1. The number of fused-ring (bicyclic) bond motifs is 2. The van der Waals surface area contributed by atoms with Gasteiger partial charge in [0.05, 0.1) is 5.56 Å². The molecular weight excluding hydrogens is 472 g/mol. The summed E-state index contributed by atoms with van der Waals surface area (Å²) in [6.07, 6.45) is -0.878. The Morgan fingerprint density at radius 3 is 2.55 bits per heavy atom. The van der Waals surface area contributed by atoms with Crippen LogP contribution in [0.15, 0.2) is 66.9 Å².